The van der Waals surface area contributed by atoms with Crippen molar-refractivity contribution in [1.29, 1.82) is 0 Å². The van der Waals surface area contributed by atoms with Crippen molar-refractivity contribution >= 4 is 11.9 Å². The molecule has 3 amide bonds. The number of nitrogens with zero attached hydrogens (tertiary/aromatic N) is 1. The molecule has 2 aliphatic heterocycles. The lowest BCUT2D eigenvalue weighted by atomic mass is 10.1. The molecule has 0 aromatic heterocycles. The Kier molecular flexibility index (Phi) is 4.15. The van der Waals surface area contributed by atoms with Crippen molar-refractivity contribution < 1.29 is 23.8 Å². The molecule has 0 spiro atoms. The molecule has 2 fully saturated rings. The molecule has 7 nitrogen and oxygen atoms in total. The van der Waals surface area contributed by atoms with E-state index < -0.39 is 6.03 Å². The summed E-state index contributed by atoms with van der Waals surface area (Å²) in [5.41, 5.74) is 0. The molecule has 2 saturated heterocycles. The molecule has 0 bridgehead atoms. The van der Waals surface area contributed by atoms with Gasteiger partial charge < -0.3 is 14.2 Å². The van der Waals surface area contributed by atoms with Crippen molar-refractivity contribution in [1.82, 2.24) is 10.2 Å². The van der Waals surface area contributed by atoms with Crippen LogP contribution in [0.4, 0.5) is 4.79 Å². The van der Waals surface area contributed by atoms with E-state index in [-0.39, 0.29) is 24.3 Å². The lowest BCUT2D eigenvalue weighted by Crippen LogP contribution is -2.53. The van der Waals surface area contributed by atoms with Crippen LogP contribution in [0.1, 0.15) is 12.8 Å². The first kappa shape index (κ1) is 13.3. The molecule has 0 saturated carbocycles. The van der Waals surface area contributed by atoms with Crippen LogP contribution >= 0.6 is 0 Å². The smallest absolute Gasteiger partial charge is 0.326 e. The number of imide groups is 1. The summed E-state index contributed by atoms with van der Waals surface area (Å²) in [6.45, 7) is 0.800. The van der Waals surface area contributed by atoms with Crippen molar-refractivity contribution in [3.05, 3.63) is 0 Å². The average molecular weight is 258 g/mol. The van der Waals surface area contributed by atoms with Gasteiger partial charge in [-0.15, -0.1) is 0 Å². The van der Waals surface area contributed by atoms with Gasteiger partial charge in [-0.05, 0) is 0 Å². The molecular weight excluding hydrogens is 240 g/mol. The minimum absolute atomic E-state index is 0.0969. The van der Waals surface area contributed by atoms with Gasteiger partial charge in [-0.25, -0.2) is 4.79 Å². The Balaban J connectivity index is 1.98. The van der Waals surface area contributed by atoms with Gasteiger partial charge in [-0.1, -0.05) is 0 Å². The van der Waals surface area contributed by atoms with Crippen molar-refractivity contribution in [3.8, 4) is 0 Å². The first-order chi connectivity index (χ1) is 8.65. The summed E-state index contributed by atoms with van der Waals surface area (Å²) in [6.07, 6.45) is 0.253. The maximum atomic E-state index is 11.7. The van der Waals surface area contributed by atoms with E-state index in [0.29, 0.717) is 26.0 Å². The number of hydrogen-bond donors (Lipinski definition) is 1. The second-order valence-electron chi connectivity index (χ2n) is 4.39. The zero-order valence-electron chi connectivity index (χ0n) is 10.5. The van der Waals surface area contributed by atoms with Crippen molar-refractivity contribution in [2.45, 2.75) is 31.3 Å². The number of urea groups is 1. The normalized spacial score (nSPS) is 32.8. The lowest BCUT2D eigenvalue weighted by Gasteiger charge is -2.31. The maximum absolute atomic E-state index is 11.7. The van der Waals surface area contributed by atoms with Crippen LogP contribution < -0.4 is 5.32 Å². The maximum Gasteiger partial charge on any atom is 0.326 e. The molecular formula is C11H18N2O5. The third kappa shape index (κ3) is 2.63. The number of carbonyl (C=O) groups is 2. The fourth-order valence-electron chi connectivity index (χ4n) is 2.31. The molecule has 0 aromatic rings. The molecule has 2 heterocycles. The van der Waals surface area contributed by atoms with Crippen LogP contribution in [0.5, 0.6) is 0 Å². The van der Waals surface area contributed by atoms with Gasteiger partial charge in [0.2, 0.25) is 5.91 Å². The fourth-order valence-corrected chi connectivity index (χ4v) is 2.31. The predicted molar refractivity (Wildman–Crippen MR) is 60.8 cm³/mol. The Morgan fingerprint density at radius 1 is 1.44 bits per heavy atom. The van der Waals surface area contributed by atoms with Crippen LogP contribution in [0.25, 0.3) is 0 Å². The van der Waals surface area contributed by atoms with Crippen LogP contribution in [0.15, 0.2) is 0 Å². The summed E-state index contributed by atoms with van der Waals surface area (Å²) in [5.74, 6) is -0.244. The minimum atomic E-state index is -0.399. The first-order valence-electron chi connectivity index (χ1n) is 5.93. The summed E-state index contributed by atoms with van der Waals surface area (Å²) in [5, 5.41) is 2.28. The van der Waals surface area contributed by atoms with Crippen LogP contribution in [-0.2, 0) is 19.0 Å². The van der Waals surface area contributed by atoms with E-state index >= 15 is 0 Å². The van der Waals surface area contributed by atoms with Gasteiger partial charge in [-0.3, -0.25) is 15.0 Å². The van der Waals surface area contributed by atoms with Crippen LogP contribution in [0.3, 0.4) is 0 Å². The van der Waals surface area contributed by atoms with Gasteiger partial charge in [0, 0.05) is 33.6 Å². The van der Waals surface area contributed by atoms with Crippen LogP contribution in [-0.4, -0.2) is 62.6 Å². The number of methoxy groups -OCH3 is 2. The zero-order valence-corrected chi connectivity index (χ0v) is 10.5. The van der Waals surface area contributed by atoms with Gasteiger partial charge >= 0.3 is 6.03 Å². The number of ether oxygens (including phenoxy) is 3. The first-order valence-corrected chi connectivity index (χ1v) is 5.93. The summed E-state index contributed by atoms with van der Waals surface area (Å²) < 4.78 is 16.1. The fraction of sp³-hybridized carbons (Fsp3) is 0.818. The Labute approximate surface area is 105 Å². The van der Waals surface area contributed by atoms with E-state index in [1.165, 1.54) is 4.90 Å². The van der Waals surface area contributed by atoms with Gasteiger partial charge in [0.05, 0.1) is 12.7 Å². The van der Waals surface area contributed by atoms with Crippen LogP contribution in [0, 0.1) is 0 Å². The average Bonchev–Trinajstić information content (AvgIpc) is 2.72. The van der Waals surface area contributed by atoms with E-state index in [2.05, 4.69) is 5.32 Å². The number of nitrogens with one attached hydrogen (secondary N) is 1. The summed E-state index contributed by atoms with van der Waals surface area (Å²) >= 11 is 0. The molecule has 3 atom stereocenters. The molecule has 2 aliphatic rings. The quantitative estimate of drug-likeness (QED) is 0.749. The molecule has 7 heteroatoms. The highest BCUT2D eigenvalue weighted by Gasteiger charge is 2.41. The molecule has 0 radical (unpaired) electrons. The van der Waals surface area contributed by atoms with Crippen molar-refractivity contribution in [2.75, 3.05) is 27.4 Å². The standard InChI is InChI=1S/C11H18N2O5/c1-16-6-8-7(17-2)5-10(18-8)13-4-3-9(14)12-11(13)15/h7-8,10H,3-6H2,1-2H3,(H,12,14,15)/t7-,8?,10+/m0/s1. The molecule has 0 aromatic carbocycles. The van der Waals surface area contributed by atoms with Gasteiger partial charge in [-0.2, -0.15) is 0 Å². The highest BCUT2D eigenvalue weighted by Crippen LogP contribution is 2.26. The number of amides is 3. The minimum Gasteiger partial charge on any atom is -0.382 e. The van der Waals surface area contributed by atoms with E-state index in [0.717, 1.165) is 0 Å². The third-order valence-electron chi connectivity index (χ3n) is 3.25. The number of carbonyl (C=O) groups excluding carboxylic acids is 2. The Bertz CT molecular complexity index is 335. The number of hydrogen-bond acceptors (Lipinski definition) is 5. The second-order valence-corrected chi connectivity index (χ2v) is 4.39. The van der Waals surface area contributed by atoms with Gasteiger partial charge in [0.15, 0.2) is 0 Å². The summed E-state index contributed by atoms with van der Waals surface area (Å²) in [7, 11) is 3.20. The highest BCUT2D eigenvalue weighted by molar-refractivity contribution is 5.96. The Hall–Kier alpha value is -1.18. The summed E-state index contributed by atoms with van der Waals surface area (Å²) in [6, 6.07) is -0.399. The molecule has 1 unspecified atom stereocenters. The molecule has 2 rings (SSSR count). The van der Waals surface area contributed by atoms with Crippen molar-refractivity contribution in [3.63, 3.8) is 0 Å². The highest BCUT2D eigenvalue weighted by atomic mass is 16.6. The zero-order chi connectivity index (χ0) is 13.1. The van der Waals surface area contributed by atoms with E-state index in [4.69, 9.17) is 14.2 Å². The van der Waals surface area contributed by atoms with Crippen LogP contribution in [0.2, 0.25) is 0 Å². The van der Waals surface area contributed by atoms with Gasteiger partial charge in [0.25, 0.3) is 0 Å². The van der Waals surface area contributed by atoms with E-state index in [9.17, 15) is 9.59 Å². The van der Waals surface area contributed by atoms with Gasteiger partial charge in [0.1, 0.15) is 12.3 Å². The molecule has 1 N–H and O–H groups in total. The number of rotatable bonds is 4. The molecule has 0 aliphatic carbocycles. The molecule has 18 heavy (non-hydrogen) atoms. The third-order valence-corrected chi connectivity index (χ3v) is 3.25. The topological polar surface area (TPSA) is 77.1 Å². The lowest BCUT2D eigenvalue weighted by molar-refractivity contribution is -0.124. The summed E-state index contributed by atoms with van der Waals surface area (Å²) in [4.78, 5) is 24.3. The SMILES string of the molecule is COCC1O[C@@H](N2CCC(=O)NC2=O)C[C@@H]1OC. The Morgan fingerprint density at radius 2 is 2.22 bits per heavy atom. The monoisotopic (exact) mass is 258 g/mol. The predicted octanol–water partition coefficient (Wildman–Crippen LogP) is -0.295. The molecule has 102 valence electrons. The van der Waals surface area contributed by atoms with E-state index in [1.807, 2.05) is 0 Å². The van der Waals surface area contributed by atoms with E-state index in [1.54, 1.807) is 14.2 Å². The van der Waals surface area contributed by atoms with Crippen molar-refractivity contribution in [2.24, 2.45) is 0 Å². The largest absolute Gasteiger partial charge is 0.382 e. The Morgan fingerprint density at radius 3 is 2.83 bits per heavy atom. The second kappa shape index (κ2) is 5.64.